The summed E-state index contributed by atoms with van der Waals surface area (Å²) in [6.45, 7) is 5.68. The molecule has 2 heterocycles. The van der Waals surface area contributed by atoms with E-state index in [-0.39, 0.29) is 11.6 Å². The molecule has 2 aliphatic carbocycles. The van der Waals surface area contributed by atoms with E-state index < -0.39 is 0 Å². The van der Waals surface area contributed by atoms with Crippen molar-refractivity contribution in [1.29, 1.82) is 0 Å². The molecule has 4 aliphatic rings. The predicted octanol–water partition coefficient (Wildman–Crippen LogP) is 3.24. The standard InChI is InChI=1S/C10H18O2.C9H16O3/c1-2-9-3-5-10(6-4-9)11-7-8-12-10;10-7-8-1-3-9(4-2-8)11-5-6-12-9/h9H,2-8H2,1H3;8,10H,1-7H2. The molecule has 0 atom stereocenters. The third-order valence-corrected chi connectivity index (χ3v) is 6.20. The average molecular weight is 342 g/mol. The first-order chi connectivity index (χ1) is 11.7. The molecule has 140 valence electrons. The van der Waals surface area contributed by atoms with Gasteiger partial charge in [0.25, 0.3) is 0 Å². The van der Waals surface area contributed by atoms with Crippen molar-refractivity contribution in [3.05, 3.63) is 0 Å². The van der Waals surface area contributed by atoms with Gasteiger partial charge >= 0.3 is 0 Å². The maximum Gasteiger partial charge on any atom is 0.168 e. The Bertz CT molecular complexity index is 318. The average Bonchev–Trinajstić information content (AvgIpc) is 3.28. The first-order valence-corrected chi connectivity index (χ1v) is 9.86. The topological polar surface area (TPSA) is 57.2 Å². The molecule has 0 unspecified atom stereocenters. The fraction of sp³-hybridized carbons (Fsp3) is 1.00. The van der Waals surface area contributed by atoms with E-state index in [0.29, 0.717) is 12.5 Å². The third kappa shape index (κ3) is 4.50. The van der Waals surface area contributed by atoms with Crippen LogP contribution in [0.2, 0.25) is 0 Å². The van der Waals surface area contributed by atoms with Crippen molar-refractivity contribution < 1.29 is 24.1 Å². The summed E-state index contributed by atoms with van der Waals surface area (Å²) >= 11 is 0. The van der Waals surface area contributed by atoms with Crippen molar-refractivity contribution in [1.82, 2.24) is 0 Å². The lowest BCUT2D eigenvalue weighted by Crippen LogP contribution is -2.35. The Kier molecular flexibility index (Phi) is 6.55. The number of aliphatic hydroxyl groups is 1. The van der Waals surface area contributed by atoms with Crippen LogP contribution in [0.5, 0.6) is 0 Å². The van der Waals surface area contributed by atoms with Crippen LogP contribution in [-0.2, 0) is 18.9 Å². The van der Waals surface area contributed by atoms with E-state index in [1.165, 1.54) is 19.3 Å². The minimum Gasteiger partial charge on any atom is -0.396 e. The van der Waals surface area contributed by atoms with Gasteiger partial charge in [0.2, 0.25) is 0 Å². The molecule has 4 fully saturated rings. The van der Waals surface area contributed by atoms with Gasteiger partial charge in [0.05, 0.1) is 26.4 Å². The van der Waals surface area contributed by atoms with Crippen LogP contribution in [0, 0.1) is 11.8 Å². The number of rotatable bonds is 2. The Hall–Kier alpha value is -0.200. The minimum absolute atomic E-state index is 0.147. The molecule has 0 bridgehead atoms. The highest BCUT2D eigenvalue weighted by Gasteiger charge is 2.40. The largest absolute Gasteiger partial charge is 0.396 e. The van der Waals surface area contributed by atoms with Crippen molar-refractivity contribution in [2.45, 2.75) is 76.3 Å². The molecule has 0 aromatic carbocycles. The fourth-order valence-corrected chi connectivity index (χ4v) is 4.40. The van der Waals surface area contributed by atoms with Crippen molar-refractivity contribution in [3.8, 4) is 0 Å². The van der Waals surface area contributed by atoms with Crippen LogP contribution in [0.15, 0.2) is 0 Å². The van der Waals surface area contributed by atoms with Crippen LogP contribution in [0.4, 0.5) is 0 Å². The Labute approximate surface area is 146 Å². The molecule has 0 aromatic heterocycles. The van der Waals surface area contributed by atoms with Gasteiger partial charge in [-0.3, -0.25) is 0 Å². The monoisotopic (exact) mass is 342 g/mol. The van der Waals surface area contributed by atoms with E-state index in [4.69, 9.17) is 24.1 Å². The molecule has 24 heavy (non-hydrogen) atoms. The van der Waals surface area contributed by atoms with Crippen molar-refractivity contribution >= 4 is 0 Å². The third-order valence-electron chi connectivity index (χ3n) is 6.20. The summed E-state index contributed by atoms with van der Waals surface area (Å²) in [6.07, 6.45) is 10.1. The van der Waals surface area contributed by atoms with Crippen LogP contribution in [0.25, 0.3) is 0 Å². The summed E-state index contributed by atoms with van der Waals surface area (Å²) < 4.78 is 22.4. The van der Waals surface area contributed by atoms with Gasteiger partial charge in [-0.2, -0.15) is 0 Å². The smallest absolute Gasteiger partial charge is 0.168 e. The molecule has 2 saturated heterocycles. The molecule has 2 saturated carbocycles. The minimum atomic E-state index is -0.258. The summed E-state index contributed by atoms with van der Waals surface area (Å²) in [6, 6.07) is 0. The highest BCUT2D eigenvalue weighted by Crippen LogP contribution is 2.39. The Balaban J connectivity index is 0.000000141. The van der Waals surface area contributed by atoms with Gasteiger partial charge in [-0.1, -0.05) is 13.3 Å². The zero-order valence-electron chi connectivity index (χ0n) is 15.1. The molecule has 2 aliphatic heterocycles. The van der Waals surface area contributed by atoms with Crippen LogP contribution in [0.3, 0.4) is 0 Å². The van der Waals surface area contributed by atoms with Crippen molar-refractivity contribution in [2.24, 2.45) is 11.8 Å². The maximum absolute atomic E-state index is 8.94. The molecule has 5 heteroatoms. The zero-order valence-corrected chi connectivity index (χ0v) is 15.1. The van der Waals surface area contributed by atoms with E-state index in [1.807, 2.05) is 0 Å². The van der Waals surface area contributed by atoms with Gasteiger partial charge < -0.3 is 24.1 Å². The first-order valence-electron chi connectivity index (χ1n) is 9.86. The van der Waals surface area contributed by atoms with Crippen LogP contribution < -0.4 is 0 Å². The van der Waals surface area contributed by atoms with Gasteiger partial charge in [-0.05, 0) is 37.5 Å². The summed E-state index contributed by atoms with van der Waals surface area (Å²) in [5, 5.41) is 8.94. The summed E-state index contributed by atoms with van der Waals surface area (Å²) in [5.41, 5.74) is 0. The van der Waals surface area contributed by atoms with E-state index in [9.17, 15) is 0 Å². The second kappa shape index (κ2) is 8.45. The molecule has 1 N–H and O–H groups in total. The quantitative estimate of drug-likeness (QED) is 0.835. The first kappa shape index (κ1) is 18.6. The highest BCUT2D eigenvalue weighted by atomic mass is 16.7. The summed E-state index contributed by atoms with van der Waals surface area (Å²) in [4.78, 5) is 0. The molecular formula is C19H34O5. The van der Waals surface area contributed by atoms with Crippen LogP contribution >= 0.6 is 0 Å². The lowest BCUT2D eigenvalue weighted by atomic mass is 9.84. The second-order valence-electron chi connectivity index (χ2n) is 7.69. The van der Waals surface area contributed by atoms with Crippen LogP contribution in [0.1, 0.15) is 64.7 Å². The SMILES string of the molecule is CCC1CCC2(CC1)OCCO2.OCC1CCC2(CC1)OCCO2. The fourth-order valence-electron chi connectivity index (χ4n) is 4.40. The number of hydrogen-bond acceptors (Lipinski definition) is 5. The molecule has 2 spiro atoms. The summed E-state index contributed by atoms with van der Waals surface area (Å²) in [7, 11) is 0. The molecule has 0 radical (unpaired) electrons. The van der Waals surface area contributed by atoms with E-state index >= 15 is 0 Å². The number of hydrogen-bond donors (Lipinski definition) is 1. The normalized spacial score (nSPS) is 32.0. The van der Waals surface area contributed by atoms with Crippen molar-refractivity contribution in [2.75, 3.05) is 33.0 Å². The van der Waals surface area contributed by atoms with E-state index in [1.54, 1.807) is 0 Å². The summed E-state index contributed by atoms with van der Waals surface area (Å²) in [5.74, 6) is 0.990. The van der Waals surface area contributed by atoms with Crippen molar-refractivity contribution in [3.63, 3.8) is 0 Å². The zero-order chi connectivity index (χ0) is 16.9. The molecule has 0 amide bonds. The Morgan fingerprint density at radius 2 is 1.08 bits per heavy atom. The van der Waals surface area contributed by atoms with Gasteiger partial charge in [-0.15, -0.1) is 0 Å². The van der Waals surface area contributed by atoms with Gasteiger partial charge in [0.1, 0.15) is 0 Å². The second-order valence-corrected chi connectivity index (χ2v) is 7.69. The lowest BCUT2D eigenvalue weighted by molar-refractivity contribution is -0.183. The van der Waals surface area contributed by atoms with Gasteiger partial charge in [-0.25, -0.2) is 0 Å². The molecular weight excluding hydrogens is 308 g/mol. The lowest BCUT2D eigenvalue weighted by Gasteiger charge is -2.34. The Morgan fingerprint density at radius 1 is 0.708 bits per heavy atom. The molecule has 5 nitrogen and oxygen atoms in total. The molecule has 4 rings (SSSR count). The molecule has 0 aromatic rings. The predicted molar refractivity (Wildman–Crippen MR) is 90.6 cm³/mol. The van der Waals surface area contributed by atoms with Crippen LogP contribution in [-0.4, -0.2) is 49.7 Å². The number of aliphatic hydroxyl groups excluding tert-OH is 1. The van der Waals surface area contributed by atoms with Gasteiger partial charge in [0, 0.05) is 32.3 Å². The maximum atomic E-state index is 8.94. The van der Waals surface area contributed by atoms with Gasteiger partial charge in [0.15, 0.2) is 11.6 Å². The number of ether oxygens (including phenoxy) is 4. The van der Waals surface area contributed by atoms with E-state index in [0.717, 1.165) is 70.9 Å². The Morgan fingerprint density at radius 3 is 1.42 bits per heavy atom. The van der Waals surface area contributed by atoms with E-state index in [2.05, 4.69) is 6.92 Å². The highest BCUT2D eigenvalue weighted by molar-refractivity contribution is 4.82.